The summed E-state index contributed by atoms with van der Waals surface area (Å²) in [4.78, 5) is 8.24. The van der Waals surface area contributed by atoms with Gasteiger partial charge in [-0.3, -0.25) is 0 Å². The van der Waals surface area contributed by atoms with Crippen LogP contribution in [0.4, 0.5) is 0 Å². The summed E-state index contributed by atoms with van der Waals surface area (Å²) in [5.74, 6) is 3.04. The van der Waals surface area contributed by atoms with E-state index in [-0.39, 0.29) is 5.41 Å². The molecule has 20 heavy (non-hydrogen) atoms. The maximum Gasteiger partial charge on any atom is 0.107 e. The lowest BCUT2D eigenvalue weighted by molar-refractivity contribution is 0.199. The Balaban J connectivity index is 1.73. The van der Waals surface area contributed by atoms with Gasteiger partial charge < -0.3 is 4.98 Å². The highest BCUT2D eigenvalue weighted by Crippen LogP contribution is 2.36. The molecule has 1 aliphatic carbocycles. The summed E-state index contributed by atoms with van der Waals surface area (Å²) in [6.45, 7) is 9.11. The van der Waals surface area contributed by atoms with Gasteiger partial charge in [-0.2, -0.15) is 0 Å². The Labute approximate surface area is 122 Å². The Morgan fingerprint density at radius 3 is 2.65 bits per heavy atom. The number of aromatic amines is 1. The highest BCUT2D eigenvalue weighted by atomic mass is 14.9. The SMILES string of the molecule is CC1CC(CCc2nc3ccc(C(C)(C)C)cc3[nH]2)C1. The predicted octanol–water partition coefficient (Wildman–Crippen LogP) is 4.84. The molecular formula is C18H26N2. The lowest BCUT2D eigenvalue weighted by Crippen LogP contribution is -2.21. The third kappa shape index (κ3) is 2.74. The van der Waals surface area contributed by atoms with Crippen LogP contribution in [0.2, 0.25) is 0 Å². The van der Waals surface area contributed by atoms with Crippen LogP contribution in [0.1, 0.15) is 58.3 Å². The minimum Gasteiger partial charge on any atom is -0.342 e. The van der Waals surface area contributed by atoms with Crippen molar-refractivity contribution >= 4 is 11.0 Å². The molecule has 2 heteroatoms. The molecule has 0 saturated heterocycles. The molecule has 108 valence electrons. The van der Waals surface area contributed by atoms with E-state index in [1.54, 1.807) is 0 Å². The van der Waals surface area contributed by atoms with Gasteiger partial charge in [0.1, 0.15) is 5.82 Å². The van der Waals surface area contributed by atoms with E-state index in [4.69, 9.17) is 4.98 Å². The third-order valence-corrected chi connectivity index (χ3v) is 4.66. The van der Waals surface area contributed by atoms with E-state index in [0.717, 1.165) is 29.6 Å². The second-order valence-electron chi connectivity index (χ2n) is 7.65. The van der Waals surface area contributed by atoms with Crippen molar-refractivity contribution in [3.05, 3.63) is 29.6 Å². The maximum atomic E-state index is 4.73. The Bertz CT molecular complexity index is 597. The van der Waals surface area contributed by atoms with Gasteiger partial charge in [0.25, 0.3) is 0 Å². The number of hydrogen-bond acceptors (Lipinski definition) is 1. The number of aromatic nitrogens is 2. The minimum absolute atomic E-state index is 0.196. The van der Waals surface area contributed by atoms with Crippen LogP contribution in [0.3, 0.4) is 0 Å². The van der Waals surface area contributed by atoms with Crippen molar-refractivity contribution < 1.29 is 0 Å². The second kappa shape index (κ2) is 4.91. The Kier molecular flexibility index (Phi) is 3.35. The van der Waals surface area contributed by atoms with Gasteiger partial charge in [0.15, 0.2) is 0 Å². The number of aryl methyl sites for hydroxylation is 1. The van der Waals surface area contributed by atoms with Gasteiger partial charge in [-0.15, -0.1) is 0 Å². The van der Waals surface area contributed by atoms with Crippen molar-refractivity contribution in [3.63, 3.8) is 0 Å². The van der Waals surface area contributed by atoms with E-state index < -0.39 is 0 Å². The largest absolute Gasteiger partial charge is 0.342 e. The number of imidazole rings is 1. The van der Waals surface area contributed by atoms with Crippen LogP contribution in [0.25, 0.3) is 11.0 Å². The molecule has 1 heterocycles. The fourth-order valence-corrected chi connectivity index (χ4v) is 3.29. The van der Waals surface area contributed by atoms with E-state index in [1.165, 1.54) is 30.3 Å². The highest BCUT2D eigenvalue weighted by molar-refractivity contribution is 5.76. The fraction of sp³-hybridized carbons (Fsp3) is 0.611. The average molecular weight is 270 g/mol. The molecule has 0 radical (unpaired) electrons. The summed E-state index contributed by atoms with van der Waals surface area (Å²) >= 11 is 0. The van der Waals surface area contributed by atoms with Gasteiger partial charge in [0, 0.05) is 6.42 Å². The smallest absolute Gasteiger partial charge is 0.107 e. The number of hydrogen-bond donors (Lipinski definition) is 1. The van der Waals surface area contributed by atoms with Crippen LogP contribution in [-0.4, -0.2) is 9.97 Å². The first-order valence-electron chi connectivity index (χ1n) is 7.91. The standard InChI is InChI=1S/C18H26N2/c1-12-9-13(10-12)5-8-17-19-15-7-6-14(18(2,3)4)11-16(15)20-17/h6-7,11-13H,5,8-10H2,1-4H3,(H,19,20). The van der Waals surface area contributed by atoms with Gasteiger partial charge in [-0.25, -0.2) is 4.98 Å². The molecule has 2 aromatic rings. The lowest BCUT2D eigenvalue weighted by Gasteiger charge is -2.32. The third-order valence-electron chi connectivity index (χ3n) is 4.66. The maximum absolute atomic E-state index is 4.73. The lowest BCUT2D eigenvalue weighted by atomic mass is 9.74. The molecule has 1 saturated carbocycles. The molecule has 0 atom stereocenters. The summed E-state index contributed by atoms with van der Waals surface area (Å²) in [5, 5.41) is 0. The van der Waals surface area contributed by atoms with E-state index in [2.05, 4.69) is 50.9 Å². The van der Waals surface area contributed by atoms with Crippen molar-refractivity contribution in [2.45, 2.75) is 58.8 Å². The monoisotopic (exact) mass is 270 g/mol. The van der Waals surface area contributed by atoms with Crippen LogP contribution in [0.5, 0.6) is 0 Å². The molecule has 1 fully saturated rings. The molecule has 0 unspecified atom stereocenters. The zero-order valence-electron chi connectivity index (χ0n) is 13.2. The Morgan fingerprint density at radius 2 is 2.00 bits per heavy atom. The molecular weight excluding hydrogens is 244 g/mol. The fourth-order valence-electron chi connectivity index (χ4n) is 3.29. The van der Waals surface area contributed by atoms with Crippen molar-refractivity contribution in [1.29, 1.82) is 0 Å². The van der Waals surface area contributed by atoms with E-state index in [1.807, 2.05) is 0 Å². The molecule has 0 spiro atoms. The van der Waals surface area contributed by atoms with Crippen molar-refractivity contribution in [2.75, 3.05) is 0 Å². The predicted molar refractivity (Wildman–Crippen MR) is 85.0 cm³/mol. The first-order chi connectivity index (χ1) is 9.41. The Hall–Kier alpha value is -1.31. The molecule has 2 nitrogen and oxygen atoms in total. The normalized spacial score (nSPS) is 23.0. The van der Waals surface area contributed by atoms with Crippen molar-refractivity contribution in [3.8, 4) is 0 Å². The first-order valence-corrected chi connectivity index (χ1v) is 7.91. The molecule has 0 amide bonds. The number of nitrogens with zero attached hydrogens (tertiary/aromatic N) is 1. The van der Waals surface area contributed by atoms with Crippen LogP contribution in [-0.2, 0) is 11.8 Å². The van der Waals surface area contributed by atoms with E-state index >= 15 is 0 Å². The average Bonchev–Trinajstić information content (AvgIpc) is 2.73. The van der Waals surface area contributed by atoms with E-state index in [9.17, 15) is 0 Å². The van der Waals surface area contributed by atoms with Crippen molar-refractivity contribution in [1.82, 2.24) is 9.97 Å². The van der Waals surface area contributed by atoms with E-state index in [0.29, 0.717) is 0 Å². The summed E-state index contributed by atoms with van der Waals surface area (Å²) < 4.78 is 0. The van der Waals surface area contributed by atoms with Crippen LogP contribution < -0.4 is 0 Å². The van der Waals surface area contributed by atoms with Crippen molar-refractivity contribution in [2.24, 2.45) is 11.8 Å². The van der Waals surface area contributed by atoms with Gasteiger partial charge in [0.2, 0.25) is 0 Å². The zero-order valence-corrected chi connectivity index (χ0v) is 13.2. The highest BCUT2D eigenvalue weighted by Gasteiger charge is 2.25. The first kappa shape index (κ1) is 13.7. The summed E-state index contributed by atoms with van der Waals surface area (Å²) in [6, 6.07) is 6.62. The van der Waals surface area contributed by atoms with Gasteiger partial charge >= 0.3 is 0 Å². The molecule has 1 aliphatic rings. The Morgan fingerprint density at radius 1 is 1.25 bits per heavy atom. The van der Waals surface area contributed by atoms with Crippen LogP contribution >= 0.6 is 0 Å². The molecule has 1 aromatic carbocycles. The summed E-state index contributed by atoms with van der Waals surface area (Å²) in [6.07, 6.45) is 5.20. The molecule has 0 bridgehead atoms. The van der Waals surface area contributed by atoms with Gasteiger partial charge in [0.05, 0.1) is 11.0 Å². The molecule has 1 aromatic heterocycles. The topological polar surface area (TPSA) is 28.7 Å². The molecule has 1 N–H and O–H groups in total. The zero-order chi connectivity index (χ0) is 14.3. The minimum atomic E-state index is 0.196. The summed E-state index contributed by atoms with van der Waals surface area (Å²) in [5.41, 5.74) is 3.86. The van der Waals surface area contributed by atoms with Gasteiger partial charge in [-0.05, 0) is 54.2 Å². The number of rotatable bonds is 3. The molecule has 3 rings (SSSR count). The second-order valence-corrected chi connectivity index (χ2v) is 7.65. The number of nitrogens with one attached hydrogen (secondary N) is 1. The van der Waals surface area contributed by atoms with Crippen LogP contribution in [0.15, 0.2) is 18.2 Å². The van der Waals surface area contributed by atoms with Crippen LogP contribution in [0, 0.1) is 11.8 Å². The molecule has 0 aliphatic heterocycles. The number of fused-ring (bicyclic) bond motifs is 1. The quantitative estimate of drug-likeness (QED) is 0.849. The number of benzene rings is 1. The number of H-pyrrole nitrogens is 1. The van der Waals surface area contributed by atoms with Gasteiger partial charge in [-0.1, -0.05) is 33.8 Å². The summed E-state index contributed by atoms with van der Waals surface area (Å²) in [7, 11) is 0.